The second-order valence-corrected chi connectivity index (χ2v) is 35.8. The lowest BCUT2D eigenvalue weighted by atomic mass is 9.33. The SMILES string of the molecule is CC1OC(OC2C(O)COC(OC(=O)C34CCC(C)(C)CC3C3=CCC5C6(C)CCC(OC7OC(C(=O)O)C(O)C(O)C7OC7OC(CO)C(O)C(O)C7O)C(C)(C)C6CCC5(C)C3(C)CC4O)C2OC2OC(C)C(OC3OCC(O)C(O)C3O)C(OC3OCC(O)C(OC4OCC(O)C(O)C4O)C3O)C2O)C(O)C(O)C1O. The molecule has 12 fully saturated rings. The van der Waals surface area contributed by atoms with Crippen LogP contribution in [0.15, 0.2) is 11.6 Å². The summed E-state index contributed by atoms with van der Waals surface area (Å²) in [4.78, 5) is 28.8. The molecule has 4 saturated carbocycles. The number of carboxylic acid groups (broad SMARTS) is 1. The molecule has 0 aromatic rings. The first kappa shape index (κ1) is 88.1. The maximum absolute atomic E-state index is 16.3. The number of aliphatic carboxylic acids is 1. The smallest absolute Gasteiger partial charge is 0.335 e. The van der Waals surface area contributed by atoms with Crippen LogP contribution in [-0.4, -0.2) is 386 Å². The minimum atomic E-state index is -2.23. The van der Waals surface area contributed by atoms with Crippen molar-refractivity contribution in [1.29, 1.82) is 0 Å². The molecule has 8 saturated heterocycles. The second-order valence-electron chi connectivity index (χ2n) is 35.8. The molecule has 39 heteroatoms. The monoisotopic (exact) mass is 1630 g/mol. The third kappa shape index (κ3) is 15.6. The van der Waals surface area contributed by atoms with Gasteiger partial charge in [-0.2, -0.15) is 0 Å². The number of rotatable bonds is 18. The Morgan fingerprint density at radius 3 is 1.56 bits per heavy atom. The van der Waals surface area contributed by atoms with E-state index in [2.05, 4.69) is 40.7 Å². The zero-order chi connectivity index (χ0) is 82.3. The number of aliphatic hydroxyl groups excluding tert-OH is 20. The molecule has 648 valence electrons. The number of carboxylic acids is 1. The Labute approximate surface area is 650 Å². The number of hydrogen-bond acceptors (Lipinski definition) is 38. The van der Waals surface area contributed by atoms with Gasteiger partial charge < -0.3 is 183 Å². The van der Waals surface area contributed by atoms with E-state index in [1.165, 1.54) is 13.8 Å². The van der Waals surface area contributed by atoms with E-state index < -0.39 is 317 Å². The van der Waals surface area contributed by atoms with Gasteiger partial charge >= 0.3 is 11.9 Å². The topological polar surface area (TPSA) is 607 Å². The molecule has 13 aliphatic rings. The highest BCUT2D eigenvalue weighted by Gasteiger charge is 2.73. The molecular formula is C74H118O39. The molecule has 0 aromatic carbocycles. The molecule has 0 amide bonds. The first-order valence-corrected chi connectivity index (χ1v) is 39.3. The van der Waals surface area contributed by atoms with Crippen molar-refractivity contribution >= 4 is 11.9 Å². The summed E-state index contributed by atoms with van der Waals surface area (Å²) in [6, 6.07) is 0. The highest BCUT2D eigenvalue weighted by atomic mass is 16.8. The highest BCUT2D eigenvalue weighted by molar-refractivity contribution is 5.80. The summed E-state index contributed by atoms with van der Waals surface area (Å²) in [7, 11) is 0. The summed E-state index contributed by atoms with van der Waals surface area (Å²) in [5.41, 5.74) is -3.90. The average Bonchev–Trinajstić information content (AvgIpc) is 0.670. The van der Waals surface area contributed by atoms with Gasteiger partial charge in [-0.25, -0.2) is 4.79 Å². The molecule has 113 heavy (non-hydrogen) atoms. The molecular weight excluding hydrogens is 1510 g/mol. The van der Waals surface area contributed by atoms with Crippen molar-refractivity contribution < 1.29 is 193 Å². The van der Waals surface area contributed by atoms with E-state index in [1.807, 2.05) is 13.8 Å². The third-order valence-corrected chi connectivity index (χ3v) is 28.2. The normalized spacial score (nSPS) is 54.7. The maximum Gasteiger partial charge on any atom is 0.335 e. The Balaban J connectivity index is 0.789. The number of hydrogen-bond donors (Lipinski definition) is 21. The van der Waals surface area contributed by atoms with E-state index in [-0.39, 0.29) is 24.7 Å². The number of ether oxygens (including phenoxy) is 16. The number of carbonyl (C=O) groups excluding carboxylic acids is 1. The van der Waals surface area contributed by atoms with E-state index in [0.717, 1.165) is 5.57 Å². The molecule has 5 aliphatic carbocycles. The summed E-state index contributed by atoms with van der Waals surface area (Å²) in [5, 5.41) is 233. The van der Waals surface area contributed by atoms with Crippen molar-refractivity contribution in [2.45, 2.75) is 354 Å². The minimum Gasteiger partial charge on any atom is -0.479 e. The number of carbonyl (C=O) groups is 2. The largest absolute Gasteiger partial charge is 0.479 e. The number of aliphatic hydroxyl groups is 20. The van der Waals surface area contributed by atoms with Gasteiger partial charge in [-0.05, 0) is 116 Å². The van der Waals surface area contributed by atoms with E-state index in [4.69, 9.17) is 75.8 Å². The number of allylic oxidation sites excluding steroid dienone is 2. The van der Waals surface area contributed by atoms with E-state index in [9.17, 15) is 112 Å². The predicted octanol–water partition coefficient (Wildman–Crippen LogP) is -7.06. The zero-order valence-corrected chi connectivity index (χ0v) is 64.4. The van der Waals surface area contributed by atoms with Crippen LogP contribution in [0.1, 0.15) is 120 Å². The van der Waals surface area contributed by atoms with Crippen LogP contribution < -0.4 is 0 Å². The van der Waals surface area contributed by atoms with Gasteiger partial charge in [0.2, 0.25) is 6.29 Å². The lowest BCUT2D eigenvalue weighted by molar-refractivity contribution is -0.399. The molecule has 0 spiro atoms. The van der Waals surface area contributed by atoms with E-state index in [1.54, 1.807) is 0 Å². The van der Waals surface area contributed by atoms with Crippen LogP contribution >= 0.6 is 0 Å². The maximum atomic E-state index is 16.3. The summed E-state index contributed by atoms with van der Waals surface area (Å²) < 4.78 is 97.4. The van der Waals surface area contributed by atoms with Gasteiger partial charge in [-0.15, -0.1) is 0 Å². The highest BCUT2D eigenvalue weighted by Crippen LogP contribution is 2.76. The van der Waals surface area contributed by atoms with Crippen molar-refractivity contribution in [2.24, 2.45) is 50.2 Å². The Bertz CT molecular complexity index is 3300. The van der Waals surface area contributed by atoms with Crippen LogP contribution in [-0.2, 0) is 85.4 Å². The third-order valence-electron chi connectivity index (χ3n) is 28.2. The predicted molar refractivity (Wildman–Crippen MR) is 368 cm³/mol. The molecule has 39 nitrogen and oxygen atoms in total. The molecule has 45 unspecified atom stereocenters. The summed E-state index contributed by atoms with van der Waals surface area (Å²) in [5.74, 6) is -3.52. The van der Waals surface area contributed by atoms with Gasteiger partial charge in [0.15, 0.2) is 56.2 Å². The van der Waals surface area contributed by atoms with E-state index in [0.29, 0.717) is 44.9 Å². The van der Waals surface area contributed by atoms with Crippen molar-refractivity contribution in [3.63, 3.8) is 0 Å². The molecule has 0 aromatic heterocycles. The fourth-order valence-corrected chi connectivity index (χ4v) is 21.3. The van der Waals surface area contributed by atoms with Gasteiger partial charge in [-0.1, -0.05) is 60.1 Å². The summed E-state index contributed by atoms with van der Waals surface area (Å²) in [6.07, 6.45) is -62.1. The number of fused-ring (bicyclic) bond motifs is 7. The lowest BCUT2D eigenvalue weighted by Crippen LogP contribution is -2.69. The van der Waals surface area contributed by atoms with Gasteiger partial charge in [0.05, 0.1) is 57.5 Å². The zero-order valence-electron chi connectivity index (χ0n) is 64.4. The summed E-state index contributed by atoms with van der Waals surface area (Å²) in [6.45, 7) is 14.3. The van der Waals surface area contributed by atoms with Gasteiger partial charge in [0, 0.05) is 0 Å². The minimum absolute atomic E-state index is 0.0442. The second kappa shape index (κ2) is 33.3. The summed E-state index contributed by atoms with van der Waals surface area (Å²) >= 11 is 0. The van der Waals surface area contributed by atoms with Crippen LogP contribution in [0.25, 0.3) is 0 Å². The molecule has 21 N–H and O–H groups in total. The molecule has 0 radical (unpaired) electrons. The van der Waals surface area contributed by atoms with Gasteiger partial charge in [-0.3, -0.25) is 4.79 Å². The Hall–Kier alpha value is -2.72. The molecule has 0 bridgehead atoms. The van der Waals surface area contributed by atoms with Crippen LogP contribution in [0.5, 0.6) is 0 Å². The van der Waals surface area contributed by atoms with Crippen LogP contribution in [0.3, 0.4) is 0 Å². The lowest BCUT2D eigenvalue weighted by Gasteiger charge is -2.71. The Morgan fingerprint density at radius 2 is 0.938 bits per heavy atom. The Kier molecular flexibility index (Phi) is 25.9. The quantitative estimate of drug-likeness (QED) is 0.0344. The number of esters is 1. The molecule has 8 heterocycles. The van der Waals surface area contributed by atoms with Gasteiger partial charge in [0.1, 0.15) is 152 Å². The fraction of sp³-hybridized carbons (Fsp3) is 0.946. The van der Waals surface area contributed by atoms with Crippen molar-refractivity contribution in [3.05, 3.63) is 11.6 Å². The van der Waals surface area contributed by atoms with Crippen LogP contribution in [0.4, 0.5) is 0 Å². The Morgan fingerprint density at radius 1 is 0.434 bits per heavy atom. The van der Waals surface area contributed by atoms with Crippen LogP contribution in [0, 0.1) is 50.2 Å². The van der Waals surface area contributed by atoms with Crippen molar-refractivity contribution in [2.75, 3.05) is 33.0 Å². The van der Waals surface area contributed by atoms with Crippen molar-refractivity contribution in [3.8, 4) is 0 Å². The van der Waals surface area contributed by atoms with Crippen molar-refractivity contribution in [1.82, 2.24) is 0 Å². The van der Waals surface area contributed by atoms with Gasteiger partial charge in [0.25, 0.3) is 0 Å². The molecule has 45 atom stereocenters. The van der Waals surface area contributed by atoms with Crippen LogP contribution in [0.2, 0.25) is 0 Å². The first-order chi connectivity index (χ1) is 53.0. The fourth-order valence-electron chi connectivity index (χ4n) is 21.3. The average molecular weight is 1630 g/mol. The van der Waals surface area contributed by atoms with E-state index >= 15 is 4.79 Å². The molecule has 13 rings (SSSR count). The first-order valence-electron chi connectivity index (χ1n) is 39.3. The standard InChI is InChI=1S/C74H118O39/c1-25-38(81)42(85)48(91)63(102-25)108-54-32(79)24-101-66(58(54)112-65-51(94)55(52(26(2)103-65)106-60-46(89)39(82)29(76)21-98-60)109-62-50(93)53(31(78)23-100-62)107-61-47(90)40(83)30(77)22-99-61)113-68(97)74-17-16-69(3,4)18-28(74)27-10-11-35-71(7)14-13-37(70(5,6)34(71)12-15-72(35,8)73(27,9)19-36(74)80)105-67-57(45(88)44(87)56(110-67)59(95)96)111-64-49(92)43(86)41(84)33(20-75)104-64/h10,25-26,28-58,60-67,75-94H,11-24H2,1-9H3,(H,95,96). The molecule has 8 aliphatic heterocycles.